The average molecular weight is 302 g/mol. The van der Waals surface area contributed by atoms with Crippen molar-refractivity contribution in [2.75, 3.05) is 12.4 Å². The van der Waals surface area contributed by atoms with Crippen molar-refractivity contribution in [3.8, 4) is 5.75 Å². The Morgan fingerprint density at radius 3 is 2.48 bits per heavy atom. The fourth-order valence-corrected chi connectivity index (χ4v) is 2.43. The molecule has 2 aromatic rings. The van der Waals surface area contributed by atoms with Crippen molar-refractivity contribution in [3.63, 3.8) is 0 Å². The summed E-state index contributed by atoms with van der Waals surface area (Å²) < 4.78 is 5.68. The second-order valence-corrected chi connectivity index (χ2v) is 5.10. The molecule has 0 fully saturated rings. The highest BCUT2D eigenvalue weighted by Crippen LogP contribution is 2.23. The van der Waals surface area contributed by atoms with Crippen LogP contribution in [-0.4, -0.2) is 23.4 Å². The average Bonchev–Trinajstić information content (AvgIpc) is 2.48. The first-order chi connectivity index (χ1) is 10.2. The topological polar surface area (TPSA) is 46.5 Å². The summed E-state index contributed by atoms with van der Waals surface area (Å²) in [6.07, 6.45) is 1.36. The molecule has 110 valence electrons. The second kappa shape index (κ2) is 7.74. The number of carbonyl (C=O) groups is 1. The predicted octanol–water partition coefficient (Wildman–Crippen LogP) is 3.48. The van der Waals surface area contributed by atoms with E-state index < -0.39 is 5.97 Å². The first-order valence-corrected chi connectivity index (χ1v) is 7.48. The lowest BCUT2D eigenvalue weighted by molar-refractivity contribution is 0.0691. The maximum Gasteiger partial charge on any atom is 0.339 e. The van der Waals surface area contributed by atoms with Crippen LogP contribution in [0.15, 0.2) is 48.5 Å². The number of carboxylic acids is 1. The van der Waals surface area contributed by atoms with Gasteiger partial charge in [-0.25, -0.2) is 4.79 Å². The largest absolute Gasteiger partial charge is 0.492 e. The van der Waals surface area contributed by atoms with E-state index in [4.69, 9.17) is 4.74 Å². The lowest BCUT2D eigenvalue weighted by atomic mass is 10.0. The normalized spacial score (nSPS) is 10.3. The summed E-state index contributed by atoms with van der Waals surface area (Å²) in [6.45, 7) is 0.453. The molecule has 21 heavy (non-hydrogen) atoms. The molecule has 0 atom stereocenters. The molecule has 0 aliphatic heterocycles. The zero-order valence-corrected chi connectivity index (χ0v) is 12.6. The molecule has 4 heteroatoms. The van der Waals surface area contributed by atoms with E-state index in [0.717, 1.165) is 12.0 Å². The van der Waals surface area contributed by atoms with E-state index in [2.05, 4.69) is 12.6 Å². The zero-order chi connectivity index (χ0) is 15.1. The molecular weight excluding hydrogens is 284 g/mol. The number of aromatic carboxylic acids is 1. The van der Waals surface area contributed by atoms with E-state index in [9.17, 15) is 9.90 Å². The SMILES string of the molecule is O=C(O)c1c(CCS)cccc1OCCc1ccccc1. The van der Waals surface area contributed by atoms with Crippen LogP contribution in [0.25, 0.3) is 0 Å². The number of carboxylic acid groups (broad SMARTS) is 1. The lowest BCUT2D eigenvalue weighted by Gasteiger charge is -2.12. The summed E-state index contributed by atoms with van der Waals surface area (Å²) >= 11 is 4.17. The number of benzene rings is 2. The lowest BCUT2D eigenvalue weighted by Crippen LogP contribution is -2.09. The quantitative estimate of drug-likeness (QED) is 0.770. The maximum absolute atomic E-state index is 11.4. The van der Waals surface area contributed by atoms with Crippen molar-refractivity contribution >= 4 is 18.6 Å². The molecule has 0 heterocycles. The van der Waals surface area contributed by atoms with Crippen LogP contribution in [0.3, 0.4) is 0 Å². The molecule has 3 nitrogen and oxygen atoms in total. The third kappa shape index (κ3) is 4.26. The maximum atomic E-state index is 11.4. The third-order valence-corrected chi connectivity index (χ3v) is 3.42. The number of hydrogen-bond acceptors (Lipinski definition) is 3. The first-order valence-electron chi connectivity index (χ1n) is 6.85. The molecule has 0 spiro atoms. The minimum atomic E-state index is -0.956. The van der Waals surface area contributed by atoms with E-state index in [-0.39, 0.29) is 5.56 Å². The van der Waals surface area contributed by atoms with Crippen LogP contribution < -0.4 is 4.74 Å². The van der Waals surface area contributed by atoms with Gasteiger partial charge in [0.05, 0.1) is 6.61 Å². The second-order valence-electron chi connectivity index (χ2n) is 4.65. The van der Waals surface area contributed by atoms with E-state index >= 15 is 0 Å². The van der Waals surface area contributed by atoms with Gasteiger partial charge >= 0.3 is 5.97 Å². The van der Waals surface area contributed by atoms with Gasteiger partial charge < -0.3 is 9.84 Å². The minimum Gasteiger partial charge on any atom is -0.492 e. The summed E-state index contributed by atoms with van der Waals surface area (Å²) in [5, 5.41) is 9.38. The van der Waals surface area contributed by atoms with E-state index in [1.807, 2.05) is 42.5 Å². The van der Waals surface area contributed by atoms with Crippen molar-refractivity contribution in [2.45, 2.75) is 12.8 Å². The highest BCUT2D eigenvalue weighted by Gasteiger charge is 2.16. The molecule has 0 bridgehead atoms. The molecule has 1 N–H and O–H groups in total. The van der Waals surface area contributed by atoms with Crippen LogP contribution in [0.2, 0.25) is 0 Å². The van der Waals surface area contributed by atoms with Gasteiger partial charge in [0.15, 0.2) is 0 Å². The summed E-state index contributed by atoms with van der Waals surface area (Å²) in [7, 11) is 0. The van der Waals surface area contributed by atoms with Gasteiger partial charge in [0, 0.05) is 6.42 Å². The number of aryl methyl sites for hydroxylation is 1. The van der Waals surface area contributed by atoms with E-state index in [1.54, 1.807) is 6.07 Å². The van der Waals surface area contributed by atoms with E-state index in [1.165, 1.54) is 5.56 Å². The van der Waals surface area contributed by atoms with Gasteiger partial charge in [-0.05, 0) is 29.4 Å². The van der Waals surface area contributed by atoms with Crippen LogP contribution in [0.1, 0.15) is 21.5 Å². The Hall–Kier alpha value is -1.94. The smallest absolute Gasteiger partial charge is 0.339 e. The number of hydrogen-bond donors (Lipinski definition) is 2. The Morgan fingerprint density at radius 2 is 1.81 bits per heavy atom. The van der Waals surface area contributed by atoms with Crippen molar-refractivity contribution in [1.82, 2.24) is 0 Å². The number of thiol groups is 1. The summed E-state index contributed by atoms with van der Waals surface area (Å²) in [5.74, 6) is 0.0770. The van der Waals surface area contributed by atoms with Gasteiger partial charge in [-0.1, -0.05) is 42.5 Å². The van der Waals surface area contributed by atoms with Crippen LogP contribution in [-0.2, 0) is 12.8 Å². The van der Waals surface area contributed by atoms with Crippen molar-refractivity contribution in [1.29, 1.82) is 0 Å². The Bertz CT molecular complexity index is 596. The van der Waals surface area contributed by atoms with Crippen molar-refractivity contribution in [3.05, 3.63) is 65.2 Å². The van der Waals surface area contributed by atoms with Crippen LogP contribution in [0.4, 0.5) is 0 Å². The standard InChI is InChI=1S/C17H18O3S/c18-17(19)16-14(10-12-21)7-4-8-15(16)20-11-9-13-5-2-1-3-6-13/h1-8,21H,9-12H2,(H,18,19). The zero-order valence-electron chi connectivity index (χ0n) is 11.7. The molecule has 0 saturated heterocycles. The minimum absolute atomic E-state index is 0.250. The van der Waals surface area contributed by atoms with Crippen molar-refractivity contribution < 1.29 is 14.6 Å². The molecule has 0 aliphatic rings. The Kier molecular flexibility index (Phi) is 5.69. The predicted molar refractivity (Wildman–Crippen MR) is 86.6 cm³/mol. The van der Waals surface area contributed by atoms with E-state index in [0.29, 0.717) is 24.5 Å². The fourth-order valence-electron chi connectivity index (χ4n) is 2.19. The number of rotatable bonds is 7. The molecule has 2 aromatic carbocycles. The third-order valence-electron chi connectivity index (χ3n) is 3.20. The molecule has 2 rings (SSSR count). The first kappa shape index (κ1) is 15.4. The molecule has 0 unspecified atom stereocenters. The van der Waals surface area contributed by atoms with Gasteiger partial charge in [-0.3, -0.25) is 0 Å². The molecule has 0 aliphatic carbocycles. The molecular formula is C17H18O3S. The van der Waals surface area contributed by atoms with Gasteiger partial charge in [0.1, 0.15) is 11.3 Å². The molecule has 0 saturated carbocycles. The summed E-state index contributed by atoms with van der Waals surface area (Å²) in [6, 6.07) is 15.3. The van der Waals surface area contributed by atoms with Gasteiger partial charge in [-0.15, -0.1) is 0 Å². The fraction of sp³-hybridized carbons (Fsp3) is 0.235. The van der Waals surface area contributed by atoms with Gasteiger partial charge in [0.2, 0.25) is 0 Å². The van der Waals surface area contributed by atoms with Crippen LogP contribution in [0.5, 0.6) is 5.75 Å². The highest BCUT2D eigenvalue weighted by atomic mass is 32.1. The Morgan fingerprint density at radius 1 is 1.05 bits per heavy atom. The van der Waals surface area contributed by atoms with Gasteiger partial charge in [-0.2, -0.15) is 12.6 Å². The number of ether oxygens (including phenoxy) is 1. The summed E-state index contributed by atoms with van der Waals surface area (Å²) in [4.78, 5) is 11.4. The Balaban J connectivity index is 2.08. The van der Waals surface area contributed by atoms with Crippen LogP contribution >= 0.6 is 12.6 Å². The molecule has 0 radical (unpaired) electrons. The summed E-state index contributed by atoms with van der Waals surface area (Å²) in [5.41, 5.74) is 2.18. The molecule has 0 aromatic heterocycles. The van der Waals surface area contributed by atoms with Crippen LogP contribution in [0, 0.1) is 0 Å². The molecule has 0 amide bonds. The Labute approximate surface area is 130 Å². The van der Waals surface area contributed by atoms with Crippen molar-refractivity contribution in [2.24, 2.45) is 0 Å². The highest BCUT2D eigenvalue weighted by molar-refractivity contribution is 7.80. The van der Waals surface area contributed by atoms with Gasteiger partial charge in [0.25, 0.3) is 0 Å². The monoisotopic (exact) mass is 302 g/mol.